The molecule has 164 valence electrons. The molecule has 0 aromatic heterocycles. The first-order chi connectivity index (χ1) is 14.0. The Morgan fingerprint density at radius 3 is 0.933 bits per heavy atom. The number of hydrogen-bond donors (Lipinski definition) is 0. The van der Waals surface area contributed by atoms with Crippen LogP contribution in [0.1, 0.15) is 5.56 Å². The predicted molar refractivity (Wildman–Crippen MR) is 82.9 cm³/mol. The summed E-state index contributed by atoms with van der Waals surface area (Å²) in [6.07, 6.45) is 0. The van der Waals surface area contributed by atoms with Gasteiger partial charge in [-0.15, -0.1) is 0 Å². The van der Waals surface area contributed by atoms with Crippen LogP contribution in [-0.2, 0) is 14.4 Å². The second-order valence-corrected chi connectivity index (χ2v) is 6.67. The van der Waals surface area contributed by atoms with Crippen molar-refractivity contribution in [2.45, 2.75) is 6.92 Å². The fourth-order valence-electron chi connectivity index (χ4n) is 1.88. The van der Waals surface area contributed by atoms with E-state index in [2.05, 4.69) is 19.1 Å². The van der Waals surface area contributed by atoms with Crippen LogP contribution >= 0.6 is 0 Å². The number of halogens is 10. The maximum absolute atomic E-state index is 13.4. The molecular weight excluding hydrogens is 477 g/mol. The molecule has 3 aromatic carbocycles. The number of aryl methyl sites for hydroxylation is 1. The van der Waals surface area contributed by atoms with Crippen LogP contribution in [0.3, 0.4) is 0 Å². The minimum atomic E-state index is -2.54. The van der Waals surface area contributed by atoms with Crippen molar-refractivity contribution in [3.05, 3.63) is 94.1 Å². The first-order valence-electron chi connectivity index (χ1n) is 7.62. The molecule has 0 aliphatic heterocycles. The van der Waals surface area contributed by atoms with E-state index < -0.39 is 81.7 Å². The van der Waals surface area contributed by atoms with Gasteiger partial charge in [0, 0.05) is 0 Å². The van der Waals surface area contributed by atoms with Crippen LogP contribution in [0.4, 0.5) is 43.9 Å². The van der Waals surface area contributed by atoms with Crippen LogP contribution in [0.5, 0.6) is 0 Å². The molecule has 0 radical (unpaired) electrons. The number of rotatable bonds is 2. The fourth-order valence-corrected chi connectivity index (χ4v) is 3.00. The Balaban J connectivity index is 0.000000386. The van der Waals surface area contributed by atoms with Gasteiger partial charge < -0.3 is 0 Å². The summed E-state index contributed by atoms with van der Waals surface area (Å²) < 4.78 is 127. The van der Waals surface area contributed by atoms with Crippen LogP contribution < -0.4 is 9.07 Å². The van der Waals surface area contributed by atoms with Crippen molar-refractivity contribution in [2.24, 2.45) is 0 Å². The average Bonchev–Trinajstić information content (AvgIpc) is 2.74. The first-order valence-corrected chi connectivity index (χ1v) is 8.60. The molecule has 3 aromatic rings. The van der Waals surface area contributed by atoms with E-state index in [0.29, 0.717) is 0 Å². The molecule has 0 aliphatic carbocycles. The third-order valence-corrected chi connectivity index (χ3v) is 4.72. The molecule has 3 rings (SSSR count). The van der Waals surface area contributed by atoms with Gasteiger partial charge >= 0.3 is 126 Å². The van der Waals surface area contributed by atoms with Crippen LogP contribution in [0, 0.1) is 65.1 Å². The van der Waals surface area contributed by atoms with E-state index in [-0.39, 0.29) is 0 Å². The Morgan fingerprint density at radius 2 is 0.700 bits per heavy atom. The van der Waals surface area contributed by atoms with Crippen LogP contribution in [-0.4, -0.2) is 0 Å². The molecule has 0 amide bonds. The molecule has 0 bridgehead atoms. The predicted octanol–water partition coefficient (Wildman–Crippen LogP) is 5.11. The van der Waals surface area contributed by atoms with Crippen molar-refractivity contribution >= 4 is 9.07 Å². The Kier molecular flexibility index (Phi) is 7.52. The Hall–Kier alpha value is -2.55. The molecule has 0 saturated carbocycles. The van der Waals surface area contributed by atoms with Crippen molar-refractivity contribution in [3.8, 4) is 0 Å². The summed E-state index contributed by atoms with van der Waals surface area (Å²) >= 11 is -1.05. The van der Waals surface area contributed by atoms with Crippen LogP contribution in [0.15, 0.2) is 30.3 Å². The van der Waals surface area contributed by atoms with Crippen LogP contribution in [0.2, 0.25) is 0 Å². The van der Waals surface area contributed by atoms with Gasteiger partial charge in [-0.2, -0.15) is 0 Å². The van der Waals surface area contributed by atoms with Gasteiger partial charge in [0.1, 0.15) is 0 Å². The molecule has 30 heavy (non-hydrogen) atoms. The summed E-state index contributed by atoms with van der Waals surface area (Å²) in [5.74, 6) is -24.7. The second kappa shape index (κ2) is 9.51. The van der Waals surface area contributed by atoms with Gasteiger partial charge in [-0.05, 0) is 6.92 Å². The molecule has 0 nitrogen and oxygen atoms in total. The van der Waals surface area contributed by atoms with E-state index in [0.717, 1.165) is 0 Å². The van der Waals surface area contributed by atoms with E-state index in [9.17, 15) is 43.9 Å². The third-order valence-electron chi connectivity index (χ3n) is 3.36. The molecular formula is C19H8F10Ni. The molecule has 0 heterocycles. The van der Waals surface area contributed by atoms with E-state index in [1.54, 1.807) is 0 Å². The van der Waals surface area contributed by atoms with E-state index in [1.807, 2.05) is 18.2 Å². The third kappa shape index (κ3) is 4.61. The fraction of sp³-hybridized carbons (Fsp3) is 0.0526. The molecule has 0 unspecified atom stereocenters. The molecule has 0 saturated heterocycles. The van der Waals surface area contributed by atoms with Crippen molar-refractivity contribution < 1.29 is 58.3 Å². The molecule has 0 aliphatic rings. The normalized spacial score (nSPS) is 10.8. The number of benzene rings is 3. The average molecular weight is 485 g/mol. The molecule has 11 heteroatoms. The SMILES string of the molecule is Cc1ccccc1.Fc1c(F)c(F)[c]([Ni][c]2c(F)c(F)c(F)c(F)c2F)c(F)c1F. The van der Waals surface area contributed by atoms with Gasteiger partial charge in [0.15, 0.2) is 0 Å². The summed E-state index contributed by atoms with van der Waals surface area (Å²) in [5.41, 5.74) is 1.32. The van der Waals surface area contributed by atoms with Crippen LogP contribution in [0.25, 0.3) is 0 Å². The van der Waals surface area contributed by atoms with Gasteiger partial charge in [0.2, 0.25) is 0 Å². The van der Waals surface area contributed by atoms with Gasteiger partial charge in [-0.25, -0.2) is 0 Å². The van der Waals surface area contributed by atoms with E-state index in [4.69, 9.17) is 0 Å². The van der Waals surface area contributed by atoms with Gasteiger partial charge in [0.25, 0.3) is 0 Å². The minimum absolute atomic E-state index is 1.05. The molecule has 0 fully saturated rings. The molecule has 0 N–H and O–H groups in total. The summed E-state index contributed by atoms with van der Waals surface area (Å²) in [5, 5.41) is 0. The van der Waals surface area contributed by atoms with Crippen molar-refractivity contribution in [1.29, 1.82) is 0 Å². The van der Waals surface area contributed by atoms with Gasteiger partial charge in [-0.1, -0.05) is 35.9 Å². The topological polar surface area (TPSA) is 0 Å². The zero-order valence-corrected chi connectivity index (χ0v) is 15.5. The number of hydrogen-bond acceptors (Lipinski definition) is 0. The summed E-state index contributed by atoms with van der Waals surface area (Å²) in [4.78, 5) is 0. The Morgan fingerprint density at radius 1 is 0.433 bits per heavy atom. The zero-order valence-electron chi connectivity index (χ0n) is 14.5. The molecule has 0 atom stereocenters. The van der Waals surface area contributed by atoms with E-state index in [1.165, 1.54) is 5.56 Å². The second-order valence-electron chi connectivity index (χ2n) is 5.44. The van der Waals surface area contributed by atoms with E-state index >= 15 is 0 Å². The maximum atomic E-state index is 13.4. The Labute approximate surface area is 169 Å². The first kappa shape index (κ1) is 23.7. The Bertz CT molecular complexity index is 957. The van der Waals surface area contributed by atoms with Gasteiger partial charge in [0.05, 0.1) is 0 Å². The molecule has 0 spiro atoms. The van der Waals surface area contributed by atoms with Crippen molar-refractivity contribution in [3.63, 3.8) is 0 Å². The van der Waals surface area contributed by atoms with Crippen molar-refractivity contribution in [2.75, 3.05) is 0 Å². The zero-order chi connectivity index (χ0) is 22.7. The quantitative estimate of drug-likeness (QED) is 0.205. The summed E-state index contributed by atoms with van der Waals surface area (Å²) in [6.45, 7) is 2.08. The monoisotopic (exact) mass is 484 g/mol. The summed E-state index contributed by atoms with van der Waals surface area (Å²) in [7, 11) is 0. The standard InChI is InChI=1S/C7H8.2C6F5.Ni/c1-7-5-3-2-4-6-7;2*7-2-1-3(8)5(10)6(11)4(2)9;/h2-6H,1H3;;;. The van der Waals surface area contributed by atoms with Gasteiger partial charge in [-0.3, -0.25) is 0 Å². The summed E-state index contributed by atoms with van der Waals surface area (Å²) in [6, 6.07) is 10.3. The van der Waals surface area contributed by atoms with Crippen molar-refractivity contribution in [1.82, 2.24) is 0 Å².